The van der Waals surface area contributed by atoms with Gasteiger partial charge < -0.3 is 23.3 Å². The maximum atomic E-state index is 13.1. The number of hydrogen-bond donors (Lipinski definition) is 0. The number of fused-ring (bicyclic) bond motifs is 3. The highest BCUT2D eigenvalue weighted by Gasteiger charge is 2.33. The first-order chi connectivity index (χ1) is 14.0. The van der Waals surface area contributed by atoms with E-state index in [-0.39, 0.29) is 5.97 Å². The van der Waals surface area contributed by atoms with Gasteiger partial charge in [-0.2, -0.15) is 0 Å². The van der Waals surface area contributed by atoms with Crippen molar-refractivity contribution in [1.29, 1.82) is 0 Å². The molecule has 0 saturated carbocycles. The van der Waals surface area contributed by atoms with E-state index >= 15 is 0 Å². The molecular formula is C22H25N3O4. The van der Waals surface area contributed by atoms with Gasteiger partial charge in [-0.25, -0.2) is 9.78 Å². The topological polar surface area (TPSA) is 67.5 Å². The first-order valence-corrected chi connectivity index (χ1v) is 9.64. The second-order valence-corrected chi connectivity index (χ2v) is 7.03. The highest BCUT2D eigenvalue weighted by molar-refractivity contribution is 6.04. The van der Waals surface area contributed by atoms with Gasteiger partial charge in [-0.1, -0.05) is 0 Å². The molecule has 4 rings (SSSR count). The molecule has 1 aliphatic heterocycles. The molecule has 0 N–H and O–H groups in total. The number of carbonyl (C=O) groups is 1. The van der Waals surface area contributed by atoms with Crippen molar-refractivity contribution >= 4 is 5.97 Å². The Morgan fingerprint density at radius 2 is 1.93 bits per heavy atom. The number of nitrogens with zero attached hydrogens (tertiary/aromatic N) is 3. The van der Waals surface area contributed by atoms with Crippen LogP contribution in [-0.4, -0.2) is 40.9 Å². The quantitative estimate of drug-likeness (QED) is 0.618. The molecule has 152 valence electrons. The molecule has 1 aromatic carbocycles. The van der Waals surface area contributed by atoms with Crippen LogP contribution in [0.15, 0.2) is 24.5 Å². The third-order valence-corrected chi connectivity index (χ3v) is 5.52. The van der Waals surface area contributed by atoms with E-state index in [0.717, 1.165) is 46.9 Å². The summed E-state index contributed by atoms with van der Waals surface area (Å²) in [4.78, 5) is 17.6. The summed E-state index contributed by atoms with van der Waals surface area (Å²) in [6.45, 7) is 4.92. The fraction of sp³-hybridized carbons (Fsp3) is 0.364. The Hall–Kier alpha value is -3.22. The fourth-order valence-corrected chi connectivity index (χ4v) is 4.16. The Morgan fingerprint density at radius 1 is 1.21 bits per heavy atom. The largest absolute Gasteiger partial charge is 0.493 e. The molecule has 0 saturated heterocycles. The number of aromatic nitrogens is 3. The molecule has 0 bridgehead atoms. The van der Waals surface area contributed by atoms with Crippen LogP contribution in [0.4, 0.5) is 0 Å². The van der Waals surface area contributed by atoms with Crippen molar-refractivity contribution in [2.45, 2.75) is 26.8 Å². The Morgan fingerprint density at radius 3 is 2.55 bits per heavy atom. The van der Waals surface area contributed by atoms with Crippen LogP contribution in [0.3, 0.4) is 0 Å². The van der Waals surface area contributed by atoms with E-state index in [9.17, 15) is 4.79 Å². The van der Waals surface area contributed by atoms with Gasteiger partial charge in [0.05, 0.1) is 37.6 Å². The summed E-state index contributed by atoms with van der Waals surface area (Å²) in [6.07, 6.45) is 4.45. The van der Waals surface area contributed by atoms with E-state index in [4.69, 9.17) is 14.2 Å². The summed E-state index contributed by atoms with van der Waals surface area (Å²) in [6, 6.07) is 3.94. The van der Waals surface area contributed by atoms with Gasteiger partial charge in [0.1, 0.15) is 5.82 Å². The number of imidazole rings is 1. The lowest BCUT2D eigenvalue weighted by molar-refractivity contribution is 0.0528. The number of rotatable bonds is 5. The summed E-state index contributed by atoms with van der Waals surface area (Å²) < 4.78 is 20.6. The van der Waals surface area contributed by atoms with Crippen LogP contribution in [0.5, 0.6) is 11.5 Å². The van der Waals surface area contributed by atoms with Gasteiger partial charge in [-0.15, -0.1) is 0 Å². The molecule has 0 radical (unpaired) electrons. The molecule has 0 unspecified atom stereocenters. The van der Waals surface area contributed by atoms with Gasteiger partial charge in [0, 0.05) is 37.2 Å². The number of esters is 1. The molecule has 7 nitrogen and oxygen atoms in total. The van der Waals surface area contributed by atoms with Crippen LogP contribution in [0.1, 0.15) is 28.5 Å². The van der Waals surface area contributed by atoms with E-state index in [0.29, 0.717) is 23.7 Å². The lowest BCUT2D eigenvalue weighted by Crippen LogP contribution is -2.15. The van der Waals surface area contributed by atoms with Gasteiger partial charge in [-0.05, 0) is 38.0 Å². The normalized spacial score (nSPS) is 12.3. The molecule has 0 fully saturated rings. The van der Waals surface area contributed by atoms with Crippen molar-refractivity contribution in [2.75, 3.05) is 20.8 Å². The zero-order valence-corrected chi connectivity index (χ0v) is 17.4. The molecule has 3 heterocycles. The van der Waals surface area contributed by atoms with Crippen molar-refractivity contribution < 1.29 is 19.0 Å². The fourth-order valence-electron chi connectivity index (χ4n) is 4.16. The first kappa shape index (κ1) is 19.1. The van der Waals surface area contributed by atoms with Crippen molar-refractivity contribution in [3.63, 3.8) is 0 Å². The maximum absolute atomic E-state index is 13.1. The average molecular weight is 395 g/mol. The molecule has 1 aliphatic rings. The number of carbonyl (C=O) groups excluding carboxylic acids is 1. The predicted molar refractivity (Wildman–Crippen MR) is 110 cm³/mol. The van der Waals surface area contributed by atoms with Crippen molar-refractivity contribution in [1.82, 2.24) is 14.1 Å². The van der Waals surface area contributed by atoms with Crippen LogP contribution in [0.2, 0.25) is 0 Å². The zero-order chi connectivity index (χ0) is 20.7. The molecule has 0 spiro atoms. The van der Waals surface area contributed by atoms with E-state index in [1.54, 1.807) is 20.4 Å². The molecule has 2 aromatic heterocycles. The van der Waals surface area contributed by atoms with Crippen LogP contribution < -0.4 is 9.47 Å². The molecule has 0 atom stereocenters. The summed E-state index contributed by atoms with van der Waals surface area (Å²) in [5.41, 5.74) is 5.28. The zero-order valence-electron chi connectivity index (χ0n) is 17.4. The molecule has 0 aliphatic carbocycles. The summed E-state index contributed by atoms with van der Waals surface area (Å²) in [5, 5.41) is 0. The summed E-state index contributed by atoms with van der Waals surface area (Å²) >= 11 is 0. The van der Waals surface area contributed by atoms with Crippen LogP contribution in [0, 0.1) is 6.92 Å². The Kier molecular flexibility index (Phi) is 4.82. The van der Waals surface area contributed by atoms with E-state index in [1.165, 1.54) is 0 Å². The highest BCUT2D eigenvalue weighted by atomic mass is 16.5. The molecule has 3 aromatic rings. The van der Waals surface area contributed by atoms with Crippen molar-refractivity contribution in [3.05, 3.63) is 41.3 Å². The van der Waals surface area contributed by atoms with Crippen LogP contribution in [-0.2, 0) is 24.8 Å². The Labute approximate surface area is 169 Å². The van der Waals surface area contributed by atoms with Gasteiger partial charge in [0.15, 0.2) is 11.5 Å². The van der Waals surface area contributed by atoms with E-state index in [2.05, 4.69) is 9.55 Å². The van der Waals surface area contributed by atoms with Gasteiger partial charge >= 0.3 is 5.97 Å². The monoisotopic (exact) mass is 395 g/mol. The molecule has 0 amide bonds. The van der Waals surface area contributed by atoms with E-state index in [1.807, 2.05) is 43.8 Å². The van der Waals surface area contributed by atoms with Crippen LogP contribution in [0.25, 0.3) is 22.6 Å². The number of benzene rings is 1. The second kappa shape index (κ2) is 7.31. The lowest BCUT2D eigenvalue weighted by Gasteiger charge is -2.23. The average Bonchev–Trinajstić information content (AvgIpc) is 3.27. The minimum absolute atomic E-state index is 0.307. The number of methoxy groups -OCH3 is 2. The predicted octanol–water partition coefficient (Wildman–Crippen LogP) is 3.61. The van der Waals surface area contributed by atoms with Crippen molar-refractivity contribution in [2.24, 2.45) is 7.05 Å². The lowest BCUT2D eigenvalue weighted by atomic mass is 9.94. The summed E-state index contributed by atoms with van der Waals surface area (Å²) in [5.74, 6) is 1.72. The van der Waals surface area contributed by atoms with E-state index < -0.39 is 0 Å². The SMILES string of the molecule is CCOC(=O)c1c(-c2nccn2C)c(C)n2c1-c1cc(OC)c(OC)cc1CC2. The van der Waals surface area contributed by atoms with Crippen molar-refractivity contribution in [3.8, 4) is 34.1 Å². The Balaban J connectivity index is 2.05. The minimum atomic E-state index is -0.343. The molecule has 29 heavy (non-hydrogen) atoms. The Bertz CT molecular complexity index is 1090. The number of hydrogen-bond acceptors (Lipinski definition) is 5. The molecule has 7 heteroatoms. The van der Waals surface area contributed by atoms with Gasteiger partial charge in [-0.3, -0.25) is 0 Å². The molecular weight excluding hydrogens is 370 g/mol. The minimum Gasteiger partial charge on any atom is -0.493 e. The highest BCUT2D eigenvalue weighted by Crippen LogP contribution is 2.44. The van der Waals surface area contributed by atoms with Gasteiger partial charge in [0.25, 0.3) is 0 Å². The standard InChI is InChI=1S/C22H25N3O4/c1-6-29-22(26)19-18(21-23-8-10-24(21)3)13(2)25-9-7-14-11-16(27-4)17(28-5)12-15(14)20(19)25/h8,10-12H,6-7,9H2,1-5H3. The van der Waals surface area contributed by atoms with Crippen LogP contribution >= 0.6 is 0 Å². The van der Waals surface area contributed by atoms with Gasteiger partial charge in [0.2, 0.25) is 0 Å². The maximum Gasteiger partial charge on any atom is 0.341 e. The number of aryl methyl sites for hydroxylation is 2. The summed E-state index contributed by atoms with van der Waals surface area (Å²) in [7, 11) is 5.17. The second-order valence-electron chi connectivity index (χ2n) is 7.03. The first-order valence-electron chi connectivity index (χ1n) is 9.64. The third kappa shape index (κ3) is 2.88. The number of ether oxygens (including phenoxy) is 3. The smallest absolute Gasteiger partial charge is 0.341 e. The third-order valence-electron chi connectivity index (χ3n) is 5.52.